The van der Waals surface area contributed by atoms with Crippen molar-refractivity contribution in [2.24, 2.45) is 5.92 Å². The Morgan fingerprint density at radius 3 is 1.85 bits per heavy atom. The first-order valence-corrected chi connectivity index (χ1v) is 14.8. The van der Waals surface area contributed by atoms with Crippen LogP contribution in [0.4, 0.5) is 35.1 Å². The summed E-state index contributed by atoms with van der Waals surface area (Å²) in [5, 5.41) is 0. The van der Waals surface area contributed by atoms with Crippen LogP contribution in [0.2, 0.25) is 0 Å². The van der Waals surface area contributed by atoms with Crippen LogP contribution in [0.1, 0.15) is 56.4 Å². The van der Waals surface area contributed by atoms with Gasteiger partial charge in [-0.2, -0.15) is 8.78 Å². The van der Waals surface area contributed by atoms with Gasteiger partial charge in [-0.3, -0.25) is 0 Å². The number of benzene rings is 4. The normalized spacial score (nSPS) is 16.9. The van der Waals surface area contributed by atoms with E-state index in [9.17, 15) is 30.7 Å². The summed E-state index contributed by atoms with van der Waals surface area (Å²) in [6, 6.07) is 12.2. The second-order valence-electron chi connectivity index (χ2n) is 11.2. The minimum Gasteiger partial charge on any atom is -0.429 e. The molecule has 0 unspecified atom stereocenters. The fraction of sp³-hybridized carbons (Fsp3) is 0.314. The fourth-order valence-electron chi connectivity index (χ4n) is 5.32. The average Bonchev–Trinajstić information content (AvgIpc) is 3.01. The van der Waals surface area contributed by atoms with Gasteiger partial charge in [0, 0.05) is 29.2 Å². The summed E-state index contributed by atoms with van der Waals surface area (Å²) < 4.78 is 130. The van der Waals surface area contributed by atoms with Crippen LogP contribution in [0, 0.1) is 40.8 Å². The number of ether oxygens (including phenoxy) is 3. The smallest absolute Gasteiger partial charge is 0.429 e. The quantitative estimate of drug-likeness (QED) is 0.0919. The van der Waals surface area contributed by atoms with Crippen LogP contribution in [0.15, 0.2) is 66.7 Å². The van der Waals surface area contributed by atoms with Gasteiger partial charge in [0.15, 0.2) is 23.7 Å². The third-order valence-electron chi connectivity index (χ3n) is 7.77. The number of hydrogen-bond donors (Lipinski definition) is 0. The molecule has 0 bridgehead atoms. The Labute approximate surface area is 260 Å². The second kappa shape index (κ2) is 14.2. The van der Waals surface area contributed by atoms with Crippen LogP contribution < -0.4 is 4.74 Å². The van der Waals surface area contributed by atoms with E-state index >= 15 is 4.39 Å². The van der Waals surface area contributed by atoms with Crippen molar-refractivity contribution in [2.45, 2.75) is 51.4 Å². The van der Waals surface area contributed by atoms with Crippen molar-refractivity contribution in [1.82, 2.24) is 0 Å². The van der Waals surface area contributed by atoms with E-state index in [0.717, 1.165) is 24.5 Å². The summed E-state index contributed by atoms with van der Waals surface area (Å²) in [5.41, 5.74) is -0.662. The standard InChI is InChI=1S/C35H30F8O3/c1-2-3-4-5-6-20-18-44-34(45-19-20)22-9-7-21(8-10-22)23-11-12-26(27(36)13-23)24-14-28(37)32(29(38)15-24)35(42,43)46-25-16-30(39)33(41)31(40)17-25/h7-17,20,34H,2-6,18-19H2,1H3. The van der Waals surface area contributed by atoms with Crippen LogP contribution in [0.3, 0.4) is 0 Å². The molecule has 244 valence electrons. The maximum absolute atomic E-state index is 15.2. The Balaban J connectivity index is 1.27. The molecule has 0 saturated carbocycles. The molecule has 11 heteroatoms. The van der Waals surface area contributed by atoms with Crippen LogP contribution in [0.5, 0.6) is 5.75 Å². The Morgan fingerprint density at radius 1 is 0.674 bits per heavy atom. The van der Waals surface area contributed by atoms with Crippen LogP contribution >= 0.6 is 0 Å². The van der Waals surface area contributed by atoms with Gasteiger partial charge in [0.25, 0.3) is 0 Å². The zero-order valence-electron chi connectivity index (χ0n) is 24.7. The van der Waals surface area contributed by atoms with Gasteiger partial charge in [-0.15, -0.1) is 0 Å². The van der Waals surface area contributed by atoms with E-state index in [1.54, 1.807) is 24.3 Å². The Bertz CT molecular complexity index is 1620. The fourth-order valence-corrected chi connectivity index (χ4v) is 5.32. The molecule has 3 nitrogen and oxygen atoms in total. The molecular formula is C35H30F8O3. The monoisotopic (exact) mass is 650 g/mol. The second-order valence-corrected chi connectivity index (χ2v) is 11.2. The van der Waals surface area contributed by atoms with Crippen LogP contribution in [0.25, 0.3) is 22.3 Å². The highest BCUT2D eigenvalue weighted by molar-refractivity contribution is 5.71. The minimum atomic E-state index is -4.76. The number of alkyl halides is 2. The molecule has 1 heterocycles. The molecule has 0 radical (unpaired) electrons. The van der Waals surface area contributed by atoms with Crippen molar-refractivity contribution in [3.63, 3.8) is 0 Å². The molecule has 1 fully saturated rings. The number of halogens is 8. The zero-order valence-corrected chi connectivity index (χ0v) is 24.7. The molecule has 1 aliphatic heterocycles. The molecule has 0 aliphatic carbocycles. The molecule has 0 amide bonds. The van der Waals surface area contributed by atoms with Crippen molar-refractivity contribution in [2.75, 3.05) is 13.2 Å². The van der Waals surface area contributed by atoms with E-state index < -0.39 is 58.6 Å². The highest BCUT2D eigenvalue weighted by Crippen LogP contribution is 2.39. The molecule has 46 heavy (non-hydrogen) atoms. The highest BCUT2D eigenvalue weighted by Gasteiger charge is 2.41. The predicted molar refractivity (Wildman–Crippen MR) is 155 cm³/mol. The van der Waals surface area contributed by atoms with Gasteiger partial charge in [0.2, 0.25) is 0 Å². The lowest BCUT2D eigenvalue weighted by atomic mass is 9.97. The summed E-state index contributed by atoms with van der Waals surface area (Å²) in [7, 11) is 0. The Kier molecular flexibility index (Phi) is 10.3. The largest absolute Gasteiger partial charge is 0.432 e. The minimum absolute atomic E-state index is 0.101. The van der Waals surface area contributed by atoms with E-state index in [-0.39, 0.29) is 23.3 Å². The van der Waals surface area contributed by atoms with E-state index in [1.807, 2.05) is 0 Å². The lowest BCUT2D eigenvalue weighted by Gasteiger charge is -2.29. The molecule has 0 N–H and O–H groups in total. The van der Waals surface area contributed by atoms with Gasteiger partial charge in [-0.05, 0) is 41.3 Å². The maximum Gasteiger partial charge on any atom is 0.432 e. The Hall–Kier alpha value is -3.96. The topological polar surface area (TPSA) is 27.7 Å². The first kappa shape index (κ1) is 33.4. The van der Waals surface area contributed by atoms with E-state index in [0.29, 0.717) is 42.4 Å². The van der Waals surface area contributed by atoms with Gasteiger partial charge in [0.1, 0.15) is 28.8 Å². The van der Waals surface area contributed by atoms with Crippen molar-refractivity contribution in [3.8, 4) is 28.0 Å². The molecular weight excluding hydrogens is 620 g/mol. The summed E-state index contributed by atoms with van der Waals surface area (Å²) in [6.07, 6.45) is 0.520. The highest BCUT2D eigenvalue weighted by atomic mass is 19.3. The molecule has 1 saturated heterocycles. The van der Waals surface area contributed by atoms with Crippen molar-refractivity contribution < 1.29 is 49.3 Å². The number of unbranched alkanes of at least 4 members (excludes halogenated alkanes) is 3. The van der Waals surface area contributed by atoms with E-state index in [2.05, 4.69) is 11.7 Å². The molecule has 4 aromatic carbocycles. The Morgan fingerprint density at radius 2 is 1.26 bits per heavy atom. The molecule has 0 atom stereocenters. The van der Waals surface area contributed by atoms with Gasteiger partial charge >= 0.3 is 6.11 Å². The third kappa shape index (κ3) is 7.53. The van der Waals surface area contributed by atoms with E-state index in [4.69, 9.17) is 9.47 Å². The predicted octanol–water partition coefficient (Wildman–Crippen LogP) is 10.6. The molecule has 5 rings (SSSR count). The summed E-state index contributed by atoms with van der Waals surface area (Å²) in [6.45, 7) is 3.38. The van der Waals surface area contributed by atoms with Gasteiger partial charge in [0.05, 0.1) is 13.2 Å². The number of rotatable bonds is 11. The van der Waals surface area contributed by atoms with Crippen molar-refractivity contribution in [1.29, 1.82) is 0 Å². The van der Waals surface area contributed by atoms with Gasteiger partial charge < -0.3 is 14.2 Å². The number of hydrogen-bond acceptors (Lipinski definition) is 3. The van der Waals surface area contributed by atoms with Gasteiger partial charge in [-0.25, -0.2) is 26.3 Å². The lowest BCUT2D eigenvalue weighted by molar-refractivity contribution is -0.206. The van der Waals surface area contributed by atoms with Crippen molar-refractivity contribution >= 4 is 0 Å². The maximum atomic E-state index is 15.2. The summed E-state index contributed by atoms with van der Waals surface area (Å²) >= 11 is 0. The first-order chi connectivity index (χ1) is 22.0. The van der Waals surface area contributed by atoms with Crippen molar-refractivity contribution in [3.05, 3.63) is 113 Å². The van der Waals surface area contributed by atoms with Gasteiger partial charge in [-0.1, -0.05) is 69.0 Å². The van der Waals surface area contributed by atoms with E-state index in [1.165, 1.54) is 31.4 Å². The summed E-state index contributed by atoms with van der Waals surface area (Å²) in [5.74, 6) is -11.0. The lowest BCUT2D eigenvalue weighted by Crippen LogP contribution is -2.27. The average molecular weight is 651 g/mol. The first-order valence-electron chi connectivity index (χ1n) is 14.8. The van der Waals surface area contributed by atoms with Crippen LogP contribution in [-0.4, -0.2) is 13.2 Å². The molecule has 0 aromatic heterocycles. The molecule has 1 aliphatic rings. The zero-order chi connectivity index (χ0) is 33.0. The SMILES string of the molecule is CCCCCCC1COC(c2ccc(-c3ccc(-c4cc(F)c(C(F)(F)Oc5cc(F)c(F)c(F)c5)c(F)c4)c(F)c3)cc2)OC1. The summed E-state index contributed by atoms with van der Waals surface area (Å²) in [4.78, 5) is 0. The molecule has 4 aromatic rings. The third-order valence-corrected chi connectivity index (χ3v) is 7.77. The molecule has 0 spiro atoms. The van der Waals surface area contributed by atoms with Crippen LogP contribution in [-0.2, 0) is 15.6 Å².